The molecule has 0 aliphatic carbocycles. The molecule has 0 aliphatic rings. The first-order chi connectivity index (χ1) is 15.7. The predicted octanol–water partition coefficient (Wildman–Crippen LogP) is 6.38. The first kappa shape index (κ1) is 22.1. The van der Waals surface area contributed by atoms with Gasteiger partial charge in [-0.15, -0.1) is 0 Å². The fourth-order valence-corrected chi connectivity index (χ4v) is 3.13. The third-order valence-corrected chi connectivity index (χ3v) is 4.66. The van der Waals surface area contributed by atoms with Gasteiger partial charge in [-0.3, -0.25) is 4.79 Å². The molecule has 1 aromatic heterocycles. The highest BCUT2D eigenvalue weighted by Crippen LogP contribution is 2.31. The molecule has 1 amide bonds. The van der Waals surface area contributed by atoms with E-state index in [1.54, 1.807) is 55.5 Å². The van der Waals surface area contributed by atoms with Crippen LogP contribution in [0, 0.1) is 12.7 Å². The predicted molar refractivity (Wildman–Crippen MR) is 114 cm³/mol. The highest BCUT2D eigenvalue weighted by Gasteiger charge is 2.36. The summed E-state index contributed by atoms with van der Waals surface area (Å²) in [6.45, 7) is 1.75. The molecule has 1 heterocycles. The lowest BCUT2D eigenvalue weighted by atomic mass is 10.2. The topological polar surface area (TPSA) is 56.2 Å². The van der Waals surface area contributed by atoms with Gasteiger partial charge in [-0.2, -0.15) is 18.3 Å². The van der Waals surface area contributed by atoms with Crippen LogP contribution >= 0.6 is 0 Å². The Morgan fingerprint density at radius 3 is 2.39 bits per heavy atom. The van der Waals surface area contributed by atoms with Gasteiger partial charge in [0.25, 0.3) is 5.91 Å². The Labute approximate surface area is 186 Å². The minimum Gasteiger partial charge on any atom is -0.454 e. The molecule has 0 atom stereocenters. The highest BCUT2D eigenvalue weighted by atomic mass is 19.4. The Hall–Kier alpha value is -4.14. The van der Waals surface area contributed by atoms with Crippen LogP contribution in [0.1, 0.15) is 21.7 Å². The molecule has 0 spiro atoms. The summed E-state index contributed by atoms with van der Waals surface area (Å²) >= 11 is 0. The minimum absolute atomic E-state index is 0.151. The number of alkyl halides is 3. The van der Waals surface area contributed by atoms with E-state index >= 15 is 0 Å². The normalized spacial score (nSPS) is 11.3. The number of amides is 1. The molecule has 0 saturated heterocycles. The van der Waals surface area contributed by atoms with Crippen molar-refractivity contribution in [2.24, 2.45) is 0 Å². The maximum Gasteiger partial charge on any atom is 0.435 e. The lowest BCUT2D eigenvalue weighted by molar-refractivity contribution is -0.141. The standard InChI is InChI=1S/C24H17F4N3O2/c1-15-7-5-8-16(13-15)31-19(14-21(30-31)24(26,27)28)23(32)29-18-11-6-12-20(22(18)25)33-17-9-3-2-4-10-17/h2-14H,1H3,(H,29,32). The number of aromatic nitrogens is 2. The molecule has 0 fully saturated rings. The van der Waals surface area contributed by atoms with Crippen molar-refractivity contribution < 1.29 is 27.1 Å². The Morgan fingerprint density at radius 1 is 0.970 bits per heavy atom. The van der Waals surface area contributed by atoms with E-state index in [0.717, 1.165) is 10.2 Å². The van der Waals surface area contributed by atoms with Gasteiger partial charge in [0.2, 0.25) is 0 Å². The van der Waals surface area contributed by atoms with E-state index in [0.29, 0.717) is 11.8 Å². The quantitative estimate of drug-likeness (QED) is 0.355. The fourth-order valence-electron chi connectivity index (χ4n) is 3.13. The van der Waals surface area contributed by atoms with Gasteiger partial charge in [0.05, 0.1) is 11.4 Å². The first-order valence-corrected chi connectivity index (χ1v) is 9.79. The van der Waals surface area contributed by atoms with Crippen molar-refractivity contribution in [2.75, 3.05) is 5.32 Å². The van der Waals surface area contributed by atoms with Gasteiger partial charge in [0.15, 0.2) is 17.3 Å². The van der Waals surface area contributed by atoms with E-state index in [9.17, 15) is 22.4 Å². The molecule has 5 nitrogen and oxygen atoms in total. The molecular weight excluding hydrogens is 438 g/mol. The van der Waals surface area contributed by atoms with Crippen molar-refractivity contribution in [3.05, 3.63) is 102 Å². The SMILES string of the molecule is Cc1cccc(-n2nc(C(F)(F)F)cc2C(=O)Nc2cccc(Oc3ccccc3)c2F)c1. The fraction of sp³-hybridized carbons (Fsp3) is 0.0833. The number of hydrogen-bond acceptors (Lipinski definition) is 3. The zero-order valence-corrected chi connectivity index (χ0v) is 17.2. The monoisotopic (exact) mass is 455 g/mol. The zero-order valence-electron chi connectivity index (χ0n) is 17.2. The van der Waals surface area contributed by atoms with Crippen LogP contribution in [0.5, 0.6) is 11.5 Å². The second-order valence-corrected chi connectivity index (χ2v) is 7.15. The Kier molecular flexibility index (Phi) is 5.87. The second-order valence-electron chi connectivity index (χ2n) is 7.15. The van der Waals surface area contributed by atoms with Crippen LogP contribution in [0.4, 0.5) is 23.2 Å². The van der Waals surface area contributed by atoms with E-state index in [-0.39, 0.29) is 17.1 Å². The number of nitrogens with one attached hydrogen (secondary N) is 1. The Balaban J connectivity index is 1.68. The summed E-state index contributed by atoms with van der Waals surface area (Å²) in [7, 11) is 0. The van der Waals surface area contributed by atoms with Crippen molar-refractivity contribution >= 4 is 11.6 Å². The zero-order chi connectivity index (χ0) is 23.6. The average molecular weight is 455 g/mol. The minimum atomic E-state index is -4.77. The molecule has 4 rings (SSSR count). The molecule has 9 heteroatoms. The first-order valence-electron chi connectivity index (χ1n) is 9.79. The molecule has 0 saturated carbocycles. The third-order valence-electron chi connectivity index (χ3n) is 4.66. The summed E-state index contributed by atoms with van der Waals surface area (Å²) in [5.74, 6) is -1.60. The number of hydrogen-bond donors (Lipinski definition) is 1. The summed E-state index contributed by atoms with van der Waals surface area (Å²) in [6, 6.07) is 19.7. The van der Waals surface area contributed by atoms with Crippen molar-refractivity contribution in [1.29, 1.82) is 0 Å². The van der Waals surface area contributed by atoms with E-state index < -0.39 is 29.3 Å². The van der Waals surface area contributed by atoms with Crippen molar-refractivity contribution in [2.45, 2.75) is 13.1 Å². The molecule has 33 heavy (non-hydrogen) atoms. The number of carbonyl (C=O) groups is 1. The van der Waals surface area contributed by atoms with Gasteiger partial charge in [0.1, 0.15) is 11.4 Å². The summed E-state index contributed by atoms with van der Waals surface area (Å²) in [4.78, 5) is 12.9. The highest BCUT2D eigenvalue weighted by molar-refractivity contribution is 6.03. The van der Waals surface area contributed by atoms with Crippen LogP contribution in [-0.4, -0.2) is 15.7 Å². The summed E-state index contributed by atoms with van der Waals surface area (Å²) in [5, 5.41) is 5.88. The lowest BCUT2D eigenvalue weighted by Gasteiger charge is -2.12. The van der Waals surface area contributed by atoms with Gasteiger partial charge in [0, 0.05) is 6.07 Å². The maximum atomic E-state index is 15.0. The van der Waals surface area contributed by atoms with E-state index in [2.05, 4.69) is 10.4 Å². The number of aryl methyl sites for hydroxylation is 1. The number of para-hydroxylation sites is 1. The largest absolute Gasteiger partial charge is 0.454 e. The summed E-state index contributed by atoms with van der Waals surface area (Å²) < 4.78 is 61.3. The van der Waals surface area contributed by atoms with Gasteiger partial charge in [-0.1, -0.05) is 36.4 Å². The number of anilines is 1. The van der Waals surface area contributed by atoms with E-state index in [1.807, 2.05) is 0 Å². The van der Waals surface area contributed by atoms with Crippen LogP contribution in [-0.2, 0) is 6.18 Å². The molecule has 0 bridgehead atoms. The van der Waals surface area contributed by atoms with Crippen LogP contribution in [0.25, 0.3) is 5.69 Å². The number of ether oxygens (including phenoxy) is 1. The number of benzene rings is 3. The number of rotatable bonds is 5. The maximum absolute atomic E-state index is 15.0. The van der Waals surface area contributed by atoms with E-state index in [1.165, 1.54) is 24.3 Å². The summed E-state index contributed by atoms with van der Waals surface area (Å²) in [6.07, 6.45) is -4.77. The van der Waals surface area contributed by atoms with E-state index in [4.69, 9.17) is 4.74 Å². The number of carbonyl (C=O) groups excluding carboxylic acids is 1. The lowest BCUT2D eigenvalue weighted by Crippen LogP contribution is -2.18. The molecule has 0 aliphatic heterocycles. The van der Waals surface area contributed by atoms with Gasteiger partial charge < -0.3 is 10.1 Å². The van der Waals surface area contributed by atoms with Gasteiger partial charge >= 0.3 is 6.18 Å². The molecule has 168 valence electrons. The Morgan fingerprint density at radius 2 is 1.70 bits per heavy atom. The molecule has 1 N–H and O–H groups in total. The second kappa shape index (κ2) is 8.78. The molecular formula is C24H17F4N3O2. The van der Waals surface area contributed by atoms with Crippen LogP contribution in [0.15, 0.2) is 78.9 Å². The van der Waals surface area contributed by atoms with Crippen LogP contribution in [0.3, 0.4) is 0 Å². The molecule has 3 aromatic carbocycles. The molecule has 4 aromatic rings. The van der Waals surface area contributed by atoms with Crippen molar-refractivity contribution in [3.63, 3.8) is 0 Å². The molecule has 0 unspecified atom stereocenters. The number of halogens is 4. The van der Waals surface area contributed by atoms with Crippen molar-refractivity contribution in [3.8, 4) is 17.2 Å². The van der Waals surface area contributed by atoms with Crippen LogP contribution < -0.4 is 10.1 Å². The van der Waals surface area contributed by atoms with Gasteiger partial charge in [-0.25, -0.2) is 9.07 Å². The Bertz CT molecular complexity index is 1300. The average Bonchev–Trinajstić information content (AvgIpc) is 3.24. The smallest absolute Gasteiger partial charge is 0.435 e. The third kappa shape index (κ3) is 4.87. The van der Waals surface area contributed by atoms with Crippen molar-refractivity contribution in [1.82, 2.24) is 9.78 Å². The van der Waals surface area contributed by atoms with Crippen LogP contribution in [0.2, 0.25) is 0 Å². The summed E-state index contributed by atoms with van der Waals surface area (Å²) in [5.41, 5.74) is -0.867. The number of nitrogens with zero attached hydrogens (tertiary/aromatic N) is 2. The molecule has 0 radical (unpaired) electrons. The van der Waals surface area contributed by atoms with Gasteiger partial charge in [-0.05, 0) is 48.9 Å².